The standard InChI is InChI=1S/C19H21Cl2N3O5S2/c1-2-8-31(28,29)19-22-10-16(21)17(23-19)18(25)24(15-7-9-30(26,27)12-15)11-13-3-5-14(20)6-4-13/h3-6,10,15H,2,7-9,11-12H2,1H3. The van der Waals surface area contributed by atoms with Gasteiger partial charge in [0.25, 0.3) is 5.91 Å². The first-order chi connectivity index (χ1) is 14.5. The minimum atomic E-state index is -3.77. The zero-order valence-corrected chi connectivity index (χ0v) is 19.8. The molecule has 1 unspecified atom stereocenters. The van der Waals surface area contributed by atoms with Gasteiger partial charge in [-0.05, 0) is 30.5 Å². The molecule has 0 aliphatic carbocycles. The van der Waals surface area contributed by atoms with Crippen molar-refractivity contribution in [2.45, 2.75) is 37.5 Å². The highest BCUT2D eigenvalue weighted by Crippen LogP contribution is 2.25. The fraction of sp³-hybridized carbons (Fsp3) is 0.421. The van der Waals surface area contributed by atoms with E-state index in [-0.39, 0.29) is 40.9 Å². The molecule has 1 amide bonds. The highest BCUT2D eigenvalue weighted by Gasteiger charge is 2.36. The number of halogens is 2. The van der Waals surface area contributed by atoms with Crippen LogP contribution in [0.1, 0.15) is 35.8 Å². The SMILES string of the molecule is CCCS(=O)(=O)c1ncc(Cl)c(C(=O)N(Cc2ccc(Cl)cc2)C2CCS(=O)(=O)C2)n1. The Morgan fingerprint density at radius 1 is 1.23 bits per heavy atom. The summed E-state index contributed by atoms with van der Waals surface area (Å²) >= 11 is 12.1. The summed E-state index contributed by atoms with van der Waals surface area (Å²) in [7, 11) is -7.05. The first-order valence-corrected chi connectivity index (χ1v) is 13.8. The molecule has 1 aliphatic rings. The molecule has 2 heterocycles. The molecule has 31 heavy (non-hydrogen) atoms. The van der Waals surface area contributed by atoms with Crippen molar-refractivity contribution < 1.29 is 21.6 Å². The Balaban J connectivity index is 2.00. The first kappa shape index (κ1) is 23.9. The van der Waals surface area contributed by atoms with Crippen LogP contribution in [0.4, 0.5) is 0 Å². The van der Waals surface area contributed by atoms with Crippen LogP contribution < -0.4 is 0 Å². The molecule has 1 aromatic carbocycles. The normalized spacial score (nSPS) is 18.1. The van der Waals surface area contributed by atoms with Crippen LogP contribution in [0.5, 0.6) is 0 Å². The molecule has 2 aromatic rings. The lowest BCUT2D eigenvalue weighted by atomic mass is 10.1. The molecule has 0 bridgehead atoms. The molecule has 0 spiro atoms. The van der Waals surface area contributed by atoms with Crippen molar-refractivity contribution in [1.82, 2.24) is 14.9 Å². The molecule has 1 saturated heterocycles. The minimum Gasteiger partial charge on any atom is -0.329 e. The maximum atomic E-state index is 13.4. The summed E-state index contributed by atoms with van der Waals surface area (Å²) in [6, 6.07) is 6.20. The first-order valence-electron chi connectivity index (χ1n) is 9.53. The van der Waals surface area contributed by atoms with E-state index in [1.807, 2.05) is 0 Å². The largest absolute Gasteiger partial charge is 0.329 e. The predicted octanol–water partition coefficient (Wildman–Crippen LogP) is 2.80. The lowest BCUT2D eigenvalue weighted by molar-refractivity contribution is 0.0674. The van der Waals surface area contributed by atoms with Gasteiger partial charge in [0.05, 0.1) is 28.5 Å². The van der Waals surface area contributed by atoms with E-state index in [0.29, 0.717) is 11.4 Å². The number of sulfone groups is 2. The third-order valence-electron chi connectivity index (χ3n) is 4.85. The van der Waals surface area contributed by atoms with Crippen LogP contribution in [-0.4, -0.2) is 60.9 Å². The number of rotatable bonds is 7. The van der Waals surface area contributed by atoms with E-state index < -0.39 is 36.8 Å². The van der Waals surface area contributed by atoms with Gasteiger partial charge in [0.2, 0.25) is 15.0 Å². The molecule has 8 nitrogen and oxygen atoms in total. The Hall–Kier alpha value is -1.75. The van der Waals surface area contributed by atoms with Crippen molar-refractivity contribution >= 4 is 48.8 Å². The molecule has 168 valence electrons. The summed E-state index contributed by atoms with van der Waals surface area (Å²) < 4.78 is 48.8. The maximum absolute atomic E-state index is 13.4. The van der Waals surface area contributed by atoms with Crippen LogP contribution in [0.15, 0.2) is 35.6 Å². The summed E-state index contributed by atoms with van der Waals surface area (Å²) in [4.78, 5) is 22.5. The van der Waals surface area contributed by atoms with Gasteiger partial charge in [-0.1, -0.05) is 42.3 Å². The monoisotopic (exact) mass is 505 g/mol. The number of nitrogens with zero attached hydrogens (tertiary/aromatic N) is 3. The zero-order chi connectivity index (χ0) is 22.8. The van der Waals surface area contributed by atoms with E-state index in [2.05, 4.69) is 9.97 Å². The molecule has 1 atom stereocenters. The van der Waals surface area contributed by atoms with Crippen LogP contribution in [0.25, 0.3) is 0 Å². The smallest absolute Gasteiger partial charge is 0.274 e. The predicted molar refractivity (Wildman–Crippen MR) is 118 cm³/mol. The summed E-state index contributed by atoms with van der Waals surface area (Å²) in [6.45, 7) is 1.79. The Morgan fingerprint density at radius 2 is 1.90 bits per heavy atom. The third kappa shape index (κ3) is 5.74. The van der Waals surface area contributed by atoms with E-state index in [0.717, 1.165) is 11.8 Å². The maximum Gasteiger partial charge on any atom is 0.274 e. The van der Waals surface area contributed by atoms with Gasteiger partial charge in [0.1, 0.15) is 0 Å². The van der Waals surface area contributed by atoms with Crippen LogP contribution >= 0.6 is 23.2 Å². The topological polar surface area (TPSA) is 114 Å². The van der Waals surface area contributed by atoms with E-state index in [9.17, 15) is 21.6 Å². The van der Waals surface area contributed by atoms with E-state index in [1.165, 1.54) is 4.90 Å². The lowest BCUT2D eigenvalue weighted by Gasteiger charge is -2.28. The van der Waals surface area contributed by atoms with E-state index in [4.69, 9.17) is 23.2 Å². The van der Waals surface area contributed by atoms with Gasteiger partial charge >= 0.3 is 0 Å². The van der Waals surface area contributed by atoms with Crippen molar-refractivity contribution in [3.05, 3.63) is 51.8 Å². The van der Waals surface area contributed by atoms with Gasteiger partial charge in [-0.25, -0.2) is 26.8 Å². The molecule has 0 radical (unpaired) electrons. The fourth-order valence-electron chi connectivity index (χ4n) is 3.32. The molecule has 3 rings (SSSR count). The second-order valence-corrected chi connectivity index (χ2v) is 12.4. The van der Waals surface area contributed by atoms with Crippen LogP contribution in [0.3, 0.4) is 0 Å². The average molecular weight is 506 g/mol. The minimum absolute atomic E-state index is 0.0320. The zero-order valence-electron chi connectivity index (χ0n) is 16.7. The van der Waals surface area contributed by atoms with Crippen LogP contribution in [0.2, 0.25) is 10.0 Å². The summed E-state index contributed by atoms with van der Waals surface area (Å²) in [5.41, 5.74) is 0.454. The second-order valence-electron chi connectivity index (χ2n) is 7.28. The molecular weight excluding hydrogens is 485 g/mol. The van der Waals surface area contributed by atoms with Gasteiger partial charge in [-0.2, -0.15) is 0 Å². The number of amides is 1. The van der Waals surface area contributed by atoms with Crippen LogP contribution in [-0.2, 0) is 26.2 Å². The van der Waals surface area contributed by atoms with Crippen molar-refractivity contribution in [2.24, 2.45) is 0 Å². The van der Waals surface area contributed by atoms with Crippen molar-refractivity contribution in [1.29, 1.82) is 0 Å². The molecule has 12 heteroatoms. The summed E-state index contributed by atoms with van der Waals surface area (Å²) in [5.74, 6) is -1.04. The average Bonchev–Trinajstić information content (AvgIpc) is 3.06. The lowest BCUT2D eigenvalue weighted by Crippen LogP contribution is -2.41. The van der Waals surface area contributed by atoms with Gasteiger partial charge in [-0.15, -0.1) is 0 Å². The highest BCUT2D eigenvalue weighted by molar-refractivity contribution is 7.91. The van der Waals surface area contributed by atoms with Crippen molar-refractivity contribution in [2.75, 3.05) is 17.3 Å². The number of benzene rings is 1. The Labute approximate surface area is 191 Å². The Morgan fingerprint density at radius 3 is 2.48 bits per heavy atom. The molecule has 0 saturated carbocycles. The Kier molecular flexibility index (Phi) is 7.25. The van der Waals surface area contributed by atoms with Gasteiger partial charge in [0, 0.05) is 17.6 Å². The second kappa shape index (κ2) is 9.40. The van der Waals surface area contributed by atoms with Crippen LogP contribution in [0, 0.1) is 0 Å². The molecule has 1 aromatic heterocycles. The molecule has 0 N–H and O–H groups in total. The number of carbonyl (C=O) groups is 1. The van der Waals surface area contributed by atoms with E-state index in [1.54, 1.807) is 31.2 Å². The van der Waals surface area contributed by atoms with Gasteiger partial charge < -0.3 is 4.90 Å². The van der Waals surface area contributed by atoms with Gasteiger partial charge in [-0.3, -0.25) is 4.79 Å². The highest BCUT2D eigenvalue weighted by atomic mass is 35.5. The summed E-state index contributed by atoms with van der Waals surface area (Å²) in [6.07, 6.45) is 1.71. The number of hydrogen-bond acceptors (Lipinski definition) is 7. The van der Waals surface area contributed by atoms with E-state index >= 15 is 0 Å². The quantitative estimate of drug-likeness (QED) is 0.531. The number of aromatic nitrogens is 2. The number of carbonyl (C=O) groups excluding carboxylic acids is 1. The fourth-order valence-corrected chi connectivity index (χ4v) is 6.51. The van der Waals surface area contributed by atoms with Crippen molar-refractivity contribution in [3.8, 4) is 0 Å². The molecular formula is C19H21Cl2N3O5S2. The van der Waals surface area contributed by atoms with Crippen molar-refractivity contribution in [3.63, 3.8) is 0 Å². The molecule has 1 fully saturated rings. The number of hydrogen-bond donors (Lipinski definition) is 0. The third-order valence-corrected chi connectivity index (χ3v) is 8.83. The van der Waals surface area contributed by atoms with Gasteiger partial charge in [0.15, 0.2) is 15.5 Å². The molecule has 1 aliphatic heterocycles. The summed E-state index contributed by atoms with van der Waals surface area (Å²) in [5, 5.41) is -0.0651. The Bertz CT molecular complexity index is 1190.